The lowest BCUT2D eigenvalue weighted by Gasteiger charge is -2.16. The van der Waals surface area contributed by atoms with Gasteiger partial charge in [0.15, 0.2) is 0 Å². The average molecular weight is 430 g/mol. The van der Waals surface area contributed by atoms with Gasteiger partial charge in [-0.25, -0.2) is 9.29 Å². The van der Waals surface area contributed by atoms with E-state index in [1.165, 1.54) is 24.3 Å². The van der Waals surface area contributed by atoms with Crippen LogP contribution in [0, 0.1) is 19.7 Å². The van der Waals surface area contributed by atoms with E-state index in [1.54, 1.807) is 24.3 Å². The zero-order valence-electron chi connectivity index (χ0n) is 18.1. The van der Waals surface area contributed by atoms with Crippen molar-refractivity contribution in [2.45, 2.75) is 20.8 Å². The van der Waals surface area contributed by atoms with Gasteiger partial charge in [-0.05, 0) is 80.4 Å². The number of hydrogen-bond donors (Lipinski definition) is 1. The first-order chi connectivity index (χ1) is 15.4. The van der Waals surface area contributed by atoms with Crippen LogP contribution in [0.15, 0.2) is 72.4 Å². The van der Waals surface area contributed by atoms with Gasteiger partial charge in [0.05, 0.1) is 17.9 Å². The van der Waals surface area contributed by atoms with E-state index in [9.17, 15) is 14.0 Å². The lowest BCUT2D eigenvalue weighted by Crippen LogP contribution is -2.32. The number of ether oxygens (including phenoxy) is 1. The van der Waals surface area contributed by atoms with E-state index in [0.717, 1.165) is 16.0 Å². The third kappa shape index (κ3) is 3.99. The summed E-state index contributed by atoms with van der Waals surface area (Å²) in [6, 6.07) is 18.2. The molecule has 0 radical (unpaired) electrons. The Balaban J connectivity index is 1.79. The molecule has 0 spiro atoms. The Morgan fingerprint density at radius 3 is 2.22 bits per heavy atom. The molecule has 1 aliphatic rings. The topological polar surface area (TPSA) is 58.6 Å². The van der Waals surface area contributed by atoms with Crippen LogP contribution in [0.3, 0.4) is 0 Å². The first-order valence-corrected chi connectivity index (χ1v) is 10.3. The summed E-state index contributed by atoms with van der Waals surface area (Å²) >= 11 is 0. The highest BCUT2D eigenvalue weighted by molar-refractivity contribution is 6.46. The summed E-state index contributed by atoms with van der Waals surface area (Å²) in [6.45, 7) is 6.28. The van der Waals surface area contributed by atoms with E-state index in [0.29, 0.717) is 29.3 Å². The molecule has 0 aromatic heterocycles. The molecule has 0 aliphatic carbocycles. The molecule has 3 aromatic rings. The van der Waals surface area contributed by atoms with Gasteiger partial charge in [0, 0.05) is 5.69 Å². The summed E-state index contributed by atoms with van der Waals surface area (Å²) < 4.78 is 18.8. The summed E-state index contributed by atoms with van der Waals surface area (Å²) in [5.41, 5.74) is 4.01. The number of hydrogen-bond acceptors (Lipinski definition) is 4. The van der Waals surface area contributed by atoms with Gasteiger partial charge in [0.1, 0.15) is 17.3 Å². The second kappa shape index (κ2) is 8.67. The van der Waals surface area contributed by atoms with Crippen LogP contribution >= 0.6 is 0 Å². The number of amides is 2. The van der Waals surface area contributed by atoms with Gasteiger partial charge in [-0.15, -0.1) is 0 Å². The third-order valence-corrected chi connectivity index (χ3v) is 5.25. The van der Waals surface area contributed by atoms with Crippen molar-refractivity contribution < 1.29 is 18.7 Å². The summed E-state index contributed by atoms with van der Waals surface area (Å²) in [5.74, 6) is -0.624. The van der Waals surface area contributed by atoms with E-state index in [2.05, 4.69) is 5.32 Å². The molecule has 0 saturated carbocycles. The molecular weight excluding hydrogens is 407 g/mol. The highest BCUT2D eigenvalue weighted by atomic mass is 19.1. The number of nitrogens with one attached hydrogen (secondary N) is 1. The van der Waals surface area contributed by atoms with Crippen molar-refractivity contribution in [1.29, 1.82) is 0 Å². The number of aryl methyl sites for hydroxylation is 2. The van der Waals surface area contributed by atoms with Gasteiger partial charge in [-0.1, -0.05) is 23.8 Å². The van der Waals surface area contributed by atoms with Crippen LogP contribution in [0.4, 0.5) is 15.8 Å². The normalized spacial score (nSPS) is 13.7. The van der Waals surface area contributed by atoms with Crippen LogP contribution in [-0.4, -0.2) is 18.4 Å². The summed E-state index contributed by atoms with van der Waals surface area (Å²) in [5, 5.41) is 3.05. The molecule has 5 nitrogen and oxygen atoms in total. The number of anilines is 2. The lowest BCUT2D eigenvalue weighted by atomic mass is 9.97. The molecule has 0 unspecified atom stereocenters. The maximum absolute atomic E-state index is 13.5. The molecule has 3 aromatic carbocycles. The van der Waals surface area contributed by atoms with Gasteiger partial charge < -0.3 is 10.1 Å². The number of imide groups is 1. The molecule has 1 N–H and O–H groups in total. The number of benzene rings is 3. The fourth-order valence-electron chi connectivity index (χ4n) is 3.76. The van der Waals surface area contributed by atoms with Crippen molar-refractivity contribution in [2.75, 3.05) is 16.8 Å². The van der Waals surface area contributed by atoms with Gasteiger partial charge >= 0.3 is 0 Å². The molecule has 6 heteroatoms. The van der Waals surface area contributed by atoms with Crippen LogP contribution in [0.25, 0.3) is 5.57 Å². The zero-order valence-corrected chi connectivity index (χ0v) is 18.1. The second-order valence-electron chi connectivity index (χ2n) is 7.57. The van der Waals surface area contributed by atoms with Crippen LogP contribution in [0.2, 0.25) is 0 Å². The minimum absolute atomic E-state index is 0.155. The quantitative estimate of drug-likeness (QED) is 0.544. The van der Waals surface area contributed by atoms with Crippen molar-refractivity contribution in [1.82, 2.24) is 0 Å². The maximum atomic E-state index is 13.5. The highest BCUT2D eigenvalue weighted by Gasteiger charge is 2.40. The maximum Gasteiger partial charge on any atom is 0.282 e. The van der Waals surface area contributed by atoms with Gasteiger partial charge in [0.25, 0.3) is 11.8 Å². The number of halogens is 1. The molecule has 0 bridgehead atoms. The molecule has 4 rings (SSSR count). The van der Waals surface area contributed by atoms with E-state index < -0.39 is 11.8 Å². The Bertz CT molecular complexity index is 1210. The molecule has 32 heavy (non-hydrogen) atoms. The molecule has 1 aliphatic heterocycles. The molecule has 1 heterocycles. The van der Waals surface area contributed by atoms with Crippen molar-refractivity contribution in [2.24, 2.45) is 0 Å². The molecule has 0 atom stereocenters. The number of carbonyl (C=O) groups is 2. The number of carbonyl (C=O) groups excluding carboxylic acids is 2. The largest absolute Gasteiger partial charge is 0.494 e. The first kappa shape index (κ1) is 21.3. The monoisotopic (exact) mass is 430 g/mol. The van der Waals surface area contributed by atoms with Gasteiger partial charge in [0.2, 0.25) is 0 Å². The van der Waals surface area contributed by atoms with Crippen LogP contribution in [-0.2, 0) is 9.59 Å². The van der Waals surface area contributed by atoms with E-state index >= 15 is 0 Å². The van der Waals surface area contributed by atoms with Crippen LogP contribution < -0.4 is 15.0 Å². The number of nitrogens with zero attached hydrogens (tertiary/aromatic N) is 1. The molecule has 2 amide bonds. The Labute approximate surface area is 186 Å². The lowest BCUT2D eigenvalue weighted by molar-refractivity contribution is -0.120. The standard InChI is InChI=1S/C26H23FN2O3/c1-4-32-21-12-10-20(11-13-21)29-25(30)23(22-14-5-16(2)15-17(22)3)24(26(29)31)28-19-8-6-18(27)7-9-19/h5-15,28H,4H2,1-3H3. The molecular formula is C26H23FN2O3. The SMILES string of the molecule is CCOc1ccc(N2C(=O)C(Nc3ccc(F)cc3)=C(c3ccc(C)cc3C)C2=O)cc1. The summed E-state index contributed by atoms with van der Waals surface area (Å²) in [7, 11) is 0. The minimum atomic E-state index is -0.474. The van der Waals surface area contributed by atoms with Gasteiger partial charge in [-0.3, -0.25) is 9.59 Å². The fourth-order valence-corrected chi connectivity index (χ4v) is 3.76. The predicted molar refractivity (Wildman–Crippen MR) is 123 cm³/mol. The first-order valence-electron chi connectivity index (χ1n) is 10.3. The highest BCUT2D eigenvalue weighted by Crippen LogP contribution is 2.35. The van der Waals surface area contributed by atoms with Crippen molar-refractivity contribution in [3.8, 4) is 5.75 Å². The minimum Gasteiger partial charge on any atom is -0.494 e. The Morgan fingerprint density at radius 2 is 1.59 bits per heavy atom. The Morgan fingerprint density at radius 1 is 0.906 bits per heavy atom. The van der Waals surface area contributed by atoms with Crippen molar-refractivity contribution in [3.63, 3.8) is 0 Å². The number of rotatable bonds is 6. The Hall–Kier alpha value is -3.93. The summed E-state index contributed by atoms with van der Waals surface area (Å²) in [6.07, 6.45) is 0. The summed E-state index contributed by atoms with van der Waals surface area (Å²) in [4.78, 5) is 28.1. The van der Waals surface area contributed by atoms with Crippen molar-refractivity contribution in [3.05, 3.63) is 94.9 Å². The van der Waals surface area contributed by atoms with Crippen molar-refractivity contribution >= 4 is 28.8 Å². The zero-order chi connectivity index (χ0) is 22.8. The third-order valence-electron chi connectivity index (χ3n) is 5.25. The Kier molecular flexibility index (Phi) is 5.77. The molecule has 0 saturated heterocycles. The molecule has 0 fully saturated rings. The predicted octanol–water partition coefficient (Wildman–Crippen LogP) is 5.24. The van der Waals surface area contributed by atoms with E-state index in [-0.39, 0.29) is 17.1 Å². The van der Waals surface area contributed by atoms with Crippen LogP contribution in [0.5, 0.6) is 5.75 Å². The van der Waals surface area contributed by atoms with Crippen LogP contribution in [0.1, 0.15) is 23.6 Å². The average Bonchev–Trinajstić information content (AvgIpc) is 3.00. The molecule has 162 valence electrons. The smallest absolute Gasteiger partial charge is 0.282 e. The fraction of sp³-hybridized carbons (Fsp3) is 0.154. The second-order valence-corrected chi connectivity index (χ2v) is 7.57. The van der Waals surface area contributed by atoms with E-state index in [1.807, 2.05) is 39.0 Å². The van der Waals surface area contributed by atoms with E-state index in [4.69, 9.17) is 4.74 Å². The van der Waals surface area contributed by atoms with Gasteiger partial charge in [-0.2, -0.15) is 0 Å².